The Hall–Kier alpha value is -0.120. The van der Waals surface area contributed by atoms with E-state index in [1.54, 1.807) is 14.2 Å². The van der Waals surface area contributed by atoms with Crippen molar-refractivity contribution in [3.63, 3.8) is 0 Å². The number of hydrogen-bond acceptors (Lipinski definition) is 3. The molecule has 0 aromatic heterocycles. The van der Waals surface area contributed by atoms with Crippen molar-refractivity contribution in [3.8, 4) is 0 Å². The third-order valence-electron chi connectivity index (χ3n) is 7.24. The SMILES string of the molecule is COC(OC)C1(OC)C[C@@]2(C)CCCC(C)(C)[C@]23C[C@H]13. The molecular weight excluding hydrogens is 252 g/mol. The minimum atomic E-state index is -0.264. The van der Waals surface area contributed by atoms with Gasteiger partial charge in [0.05, 0.1) is 0 Å². The Labute approximate surface area is 123 Å². The molecule has 116 valence electrons. The van der Waals surface area contributed by atoms with Crippen LogP contribution in [0.2, 0.25) is 0 Å². The van der Waals surface area contributed by atoms with Crippen LogP contribution in [0.4, 0.5) is 0 Å². The van der Waals surface area contributed by atoms with E-state index in [4.69, 9.17) is 14.2 Å². The van der Waals surface area contributed by atoms with Crippen LogP contribution in [0.15, 0.2) is 0 Å². The first-order chi connectivity index (χ1) is 9.33. The first-order valence-electron chi connectivity index (χ1n) is 7.94. The van der Waals surface area contributed by atoms with E-state index >= 15 is 0 Å². The first-order valence-corrected chi connectivity index (χ1v) is 7.94. The Balaban J connectivity index is 2.04. The van der Waals surface area contributed by atoms with Crippen LogP contribution in [0.25, 0.3) is 0 Å². The van der Waals surface area contributed by atoms with Gasteiger partial charge in [-0.15, -0.1) is 0 Å². The summed E-state index contributed by atoms with van der Waals surface area (Å²) in [5, 5.41) is 0. The van der Waals surface area contributed by atoms with E-state index in [0.717, 1.165) is 6.42 Å². The van der Waals surface area contributed by atoms with E-state index < -0.39 is 0 Å². The highest BCUT2D eigenvalue weighted by atomic mass is 16.7. The minimum absolute atomic E-state index is 0.255. The summed E-state index contributed by atoms with van der Waals surface area (Å²) >= 11 is 0. The van der Waals surface area contributed by atoms with Crippen molar-refractivity contribution < 1.29 is 14.2 Å². The highest BCUT2D eigenvalue weighted by molar-refractivity contribution is 5.31. The van der Waals surface area contributed by atoms with Gasteiger partial charge in [-0.1, -0.05) is 27.2 Å². The van der Waals surface area contributed by atoms with Gasteiger partial charge < -0.3 is 14.2 Å². The van der Waals surface area contributed by atoms with Crippen LogP contribution in [-0.4, -0.2) is 33.2 Å². The topological polar surface area (TPSA) is 27.7 Å². The summed E-state index contributed by atoms with van der Waals surface area (Å²) in [6, 6.07) is 0. The van der Waals surface area contributed by atoms with E-state index in [2.05, 4.69) is 20.8 Å². The van der Waals surface area contributed by atoms with Gasteiger partial charge >= 0.3 is 0 Å². The molecule has 4 atom stereocenters. The molecule has 3 aliphatic carbocycles. The lowest BCUT2D eigenvalue weighted by Crippen LogP contribution is -2.48. The summed E-state index contributed by atoms with van der Waals surface area (Å²) in [5.41, 5.74) is 0.922. The number of hydrogen-bond donors (Lipinski definition) is 0. The van der Waals surface area contributed by atoms with Crippen molar-refractivity contribution in [1.29, 1.82) is 0 Å². The Bertz CT molecular complexity index is 403. The van der Waals surface area contributed by atoms with Crippen molar-refractivity contribution in [2.45, 2.75) is 64.8 Å². The number of methoxy groups -OCH3 is 3. The third-order valence-corrected chi connectivity index (χ3v) is 7.24. The van der Waals surface area contributed by atoms with E-state index in [1.807, 2.05) is 7.11 Å². The maximum Gasteiger partial charge on any atom is 0.186 e. The molecule has 3 fully saturated rings. The second-order valence-electron chi connectivity index (χ2n) is 8.17. The van der Waals surface area contributed by atoms with Gasteiger partial charge in [-0.2, -0.15) is 0 Å². The molecule has 1 unspecified atom stereocenters. The summed E-state index contributed by atoms with van der Waals surface area (Å²) < 4.78 is 17.4. The van der Waals surface area contributed by atoms with Gasteiger partial charge in [0, 0.05) is 27.2 Å². The molecule has 0 heterocycles. The molecule has 0 N–H and O–H groups in total. The van der Waals surface area contributed by atoms with E-state index in [9.17, 15) is 0 Å². The molecule has 0 radical (unpaired) electrons. The molecule has 20 heavy (non-hydrogen) atoms. The highest BCUT2D eigenvalue weighted by Crippen LogP contribution is 2.85. The lowest BCUT2D eigenvalue weighted by Gasteiger charge is -2.50. The lowest BCUT2D eigenvalue weighted by molar-refractivity contribution is -0.235. The fourth-order valence-corrected chi connectivity index (χ4v) is 6.48. The van der Waals surface area contributed by atoms with Gasteiger partial charge in [-0.05, 0) is 41.9 Å². The normalized spacial score (nSPS) is 49.0. The van der Waals surface area contributed by atoms with Gasteiger partial charge in [0.25, 0.3) is 0 Å². The van der Waals surface area contributed by atoms with Crippen LogP contribution in [-0.2, 0) is 14.2 Å². The van der Waals surface area contributed by atoms with Crippen molar-refractivity contribution >= 4 is 0 Å². The average molecular weight is 282 g/mol. The summed E-state index contributed by atoms with van der Waals surface area (Å²) in [6.45, 7) is 7.41. The molecular formula is C17H30O3. The molecule has 1 spiro atoms. The van der Waals surface area contributed by atoms with Crippen LogP contribution in [0.1, 0.15) is 52.9 Å². The molecule has 0 aromatic carbocycles. The molecule has 3 heteroatoms. The van der Waals surface area contributed by atoms with Crippen molar-refractivity contribution in [3.05, 3.63) is 0 Å². The second-order valence-corrected chi connectivity index (χ2v) is 8.17. The van der Waals surface area contributed by atoms with Crippen molar-refractivity contribution in [2.24, 2.45) is 22.2 Å². The average Bonchev–Trinajstić information content (AvgIpc) is 3.11. The monoisotopic (exact) mass is 282 g/mol. The molecule has 3 aliphatic rings. The summed E-state index contributed by atoms with van der Waals surface area (Å²) in [7, 11) is 5.31. The smallest absolute Gasteiger partial charge is 0.186 e. The summed E-state index contributed by atoms with van der Waals surface area (Å²) in [4.78, 5) is 0. The molecule has 3 saturated carbocycles. The van der Waals surface area contributed by atoms with E-state index in [-0.39, 0.29) is 11.9 Å². The first kappa shape index (κ1) is 14.8. The number of ether oxygens (including phenoxy) is 3. The second kappa shape index (κ2) is 4.21. The molecule has 0 saturated heterocycles. The van der Waals surface area contributed by atoms with Gasteiger partial charge in [-0.3, -0.25) is 0 Å². The molecule has 0 amide bonds. The van der Waals surface area contributed by atoms with Gasteiger partial charge in [0.15, 0.2) is 6.29 Å². The van der Waals surface area contributed by atoms with Crippen molar-refractivity contribution in [2.75, 3.05) is 21.3 Å². The van der Waals surface area contributed by atoms with Crippen LogP contribution in [0.3, 0.4) is 0 Å². The maximum atomic E-state index is 6.09. The Morgan fingerprint density at radius 3 is 2.15 bits per heavy atom. The zero-order valence-electron chi connectivity index (χ0n) is 13.9. The third kappa shape index (κ3) is 1.42. The zero-order chi connectivity index (χ0) is 14.8. The van der Waals surface area contributed by atoms with Gasteiger partial charge in [0.1, 0.15) is 5.60 Å². The summed E-state index contributed by atoms with van der Waals surface area (Å²) in [6.07, 6.45) is 6.07. The summed E-state index contributed by atoms with van der Waals surface area (Å²) in [5.74, 6) is 0.574. The molecule has 0 bridgehead atoms. The predicted molar refractivity (Wildman–Crippen MR) is 78.4 cm³/mol. The van der Waals surface area contributed by atoms with Gasteiger partial charge in [-0.25, -0.2) is 0 Å². The fourth-order valence-electron chi connectivity index (χ4n) is 6.48. The van der Waals surface area contributed by atoms with Crippen LogP contribution in [0.5, 0.6) is 0 Å². The van der Waals surface area contributed by atoms with Crippen LogP contribution >= 0.6 is 0 Å². The van der Waals surface area contributed by atoms with Crippen molar-refractivity contribution in [1.82, 2.24) is 0 Å². The van der Waals surface area contributed by atoms with E-state index in [0.29, 0.717) is 22.2 Å². The number of rotatable bonds is 4. The van der Waals surface area contributed by atoms with E-state index in [1.165, 1.54) is 25.7 Å². The van der Waals surface area contributed by atoms with Crippen LogP contribution in [0, 0.1) is 22.2 Å². The van der Waals surface area contributed by atoms with Crippen LogP contribution < -0.4 is 0 Å². The lowest BCUT2D eigenvalue weighted by atomic mass is 9.54. The zero-order valence-corrected chi connectivity index (χ0v) is 13.9. The molecule has 0 aromatic rings. The molecule has 0 aliphatic heterocycles. The fraction of sp³-hybridized carbons (Fsp3) is 1.00. The Morgan fingerprint density at radius 2 is 1.65 bits per heavy atom. The Kier molecular flexibility index (Phi) is 3.11. The largest absolute Gasteiger partial charge is 0.373 e. The predicted octanol–water partition coefficient (Wildman–Crippen LogP) is 3.62. The Morgan fingerprint density at radius 1 is 1.00 bits per heavy atom. The quantitative estimate of drug-likeness (QED) is 0.737. The minimum Gasteiger partial charge on any atom is -0.373 e. The maximum absolute atomic E-state index is 6.09. The molecule has 3 nitrogen and oxygen atoms in total. The van der Waals surface area contributed by atoms with Gasteiger partial charge in [0.2, 0.25) is 0 Å². The molecule has 3 rings (SSSR count). The standard InChI is InChI=1S/C17H30O3/c1-14(2)8-7-9-15(3)11-16(20-6,13(18-4)19-5)12-10-17(12,14)15/h12-13H,7-11H2,1-6H3/t12-,15-,16?,17-/m1/s1. The highest BCUT2D eigenvalue weighted by Gasteiger charge is 2.83.